The Labute approximate surface area is 303 Å². The molecule has 0 spiro atoms. The number of allylic oxidation sites excluding steroid dienone is 1. The van der Waals surface area contributed by atoms with Gasteiger partial charge in [0, 0.05) is 18.9 Å². The van der Waals surface area contributed by atoms with Gasteiger partial charge < -0.3 is 39.6 Å². The molecule has 3 N–H and O–H groups in total. The zero-order valence-electron chi connectivity index (χ0n) is 28.5. The fourth-order valence-corrected chi connectivity index (χ4v) is 8.49. The topological polar surface area (TPSA) is 179 Å². The van der Waals surface area contributed by atoms with E-state index in [2.05, 4.69) is 10.6 Å². The number of carbonyl (C=O) groups excluding carboxylic acids is 3. The fourth-order valence-electron chi connectivity index (χ4n) is 7.79. The van der Waals surface area contributed by atoms with Crippen LogP contribution in [0.25, 0.3) is 21.6 Å². The van der Waals surface area contributed by atoms with Gasteiger partial charge in [-0.3, -0.25) is 9.59 Å². The van der Waals surface area contributed by atoms with Crippen molar-refractivity contribution in [3.05, 3.63) is 53.9 Å². The monoisotopic (exact) mass is 731 g/mol. The predicted octanol–water partition coefficient (Wildman–Crippen LogP) is 3.84. The lowest BCUT2D eigenvalue weighted by atomic mass is 10.0. The number of rotatable bonds is 6. The molecule has 2 aromatic heterocycles. The van der Waals surface area contributed by atoms with Gasteiger partial charge >= 0.3 is 12.1 Å². The summed E-state index contributed by atoms with van der Waals surface area (Å²) in [6.07, 6.45) is 5.65. The number of para-hydroxylation sites is 2. The Bertz CT molecular complexity index is 1870. The van der Waals surface area contributed by atoms with Gasteiger partial charge in [0.25, 0.3) is 0 Å². The fraction of sp³-hybridized carbons (Fsp3) is 0.514. The van der Waals surface area contributed by atoms with Crippen LogP contribution in [0.3, 0.4) is 0 Å². The number of nitrogens with one attached hydrogen (secondary N) is 2. The second-order valence-electron chi connectivity index (χ2n) is 14.1. The molecular formula is C37H41N5O9S. The summed E-state index contributed by atoms with van der Waals surface area (Å²) in [4.78, 5) is 66.3. The van der Waals surface area contributed by atoms with Crippen molar-refractivity contribution < 1.29 is 43.2 Å². The molecule has 8 atom stereocenters. The maximum atomic E-state index is 14.5. The highest BCUT2D eigenvalue weighted by Gasteiger charge is 2.61. The van der Waals surface area contributed by atoms with Crippen molar-refractivity contribution in [1.29, 1.82) is 0 Å². The van der Waals surface area contributed by atoms with Crippen LogP contribution in [0.5, 0.6) is 5.88 Å². The number of aliphatic carboxylic acids is 1. The first kappa shape index (κ1) is 34.5. The quantitative estimate of drug-likeness (QED) is 0.314. The van der Waals surface area contributed by atoms with E-state index < -0.39 is 53.7 Å². The highest BCUT2D eigenvalue weighted by molar-refractivity contribution is 7.13. The number of carboxylic acids is 1. The largest absolute Gasteiger partial charge is 0.479 e. The Hall–Kier alpha value is -4.60. The SMILES string of the molecule is O=C(N[C@H]1CCCCC/C=C\C2CC2(C(=O)O)NC(=O)C2C[C@@H](Oc3nc4ccccc4nc3-c3cccs3)CN2C1=O)OC1COC2CCOC21. The number of alkyl carbamates (subject to hydrolysis) is 1. The summed E-state index contributed by atoms with van der Waals surface area (Å²) in [5.74, 6) is -2.29. The Morgan fingerprint density at radius 2 is 1.90 bits per heavy atom. The molecule has 4 aliphatic heterocycles. The number of carbonyl (C=O) groups is 4. The van der Waals surface area contributed by atoms with Crippen LogP contribution in [0.1, 0.15) is 51.4 Å². The first-order valence-electron chi connectivity index (χ1n) is 18.0. The Balaban J connectivity index is 1.08. The number of hydrogen-bond acceptors (Lipinski definition) is 11. The van der Waals surface area contributed by atoms with E-state index in [1.807, 2.05) is 53.9 Å². The highest BCUT2D eigenvalue weighted by Crippen LogP contribution is 2.45. The third-order valence-electron chi connectivity index (χ3n) is 10.7. The molecule has 15 heteroatoms. The molecule has 0 radical (unpaired) electrons. The second kappa shape index (κ2) is 14.4. The number of aromatic nitrogens is 2. The summed E-state index contributed by atoms with van der Waals surface area (Å²) in [6, 6.07) is 9.20. The molecule has 1 aliphatic carbocycles. The van der Waals surface area contributed by atoms with Crippen molar-refractivity contribution in [2.75, 3.05) is 19.8 Å². The van der Waals surface area contributed by atoms with Crippen molar-refractivity contribution in [2.24, 2.45) is 5.92 Å². The molecule has 14 nitrogen and oxygen atoms in total. The molecule has 0 bridgehead atoms. The van der Waals surface area contributed by atoms with E-state index in [1.165, 1.54) is 16.2 Å². The summed E-state index contributed by atoms with van der Waals surface area (Å²) in [7, 11) is 0. The van der Waals surface area contributed by atoms with E-state index in [0.717, 1.165) is 30.6 Å². The lowest BCUT2D eigenvalue weighted by Crippen LogP contribution is -2.56. The van der Waals surface area contributed by atoms with Crippen LogP contribution < -0.4 is 15.4 Å². The van der Waals surface area contributed by atoms with Gasteiger partial charge in [0.2, 0.25) is 17.7 Å². The van der Waals surface area contributed by atoms with E-state index >= 15 is 0 Å². The zero-order valence-corrected chi connectivity index (χ0v) is 29.3. The van der Waals surface area contributed by atoms with Crippen LogP contribution in [-0.2, 0) is 28.6 Å². The van der Waals surface area contributed by atoms with Crippen molar-refractivity contribution in [3.63, 3.8) is 0 Å². The molecule has 1 saturated carbocycles. The standard InChI is InChI=1S/C37H41N5O9S/c43-32-26-17-22(50-33-30(29-13-8-16-52-29)38-23-10-6-7-11-24(23)39-33)19-42(26)34(44)25(40-36(47)51-28-20-49-27-14-15-48-31(27)28)12-5-3-1-2-4-9-21-18-37(21,41-32)35(45)46/h4,6-11,13,16,21-22,25-28,31H,1-3,5,12,14-15,17-20H2,(H,40,47)(H,41,43)(H,45,46)/b9-4-/t21?,22-,25+,26?,27?,28?,31?,37?/m1/s1. The zero-order chi connectivity index (χ0) is 35.8. The van der Waals surface area contributed by atoms with Gasteiger partial charge in [-0.2, -0.15) is 0 Å². The van der Waals surface area contributed by atoms with E-state index in [-0.39, 0.29) is 50.0 Å². The average Bonchev–Trinajstić information content (AvgIpc) is 3.72. The molecule has 3 saturated heterocycles. The van der Waals surface area contributed by atoms with Crippen LogP contribution in [0.4, 0.5) is 4.79 Å². The molecule has 5 aliphatic rings. The minimum atomic E-state index is -1.46. The third kappa shape index (κ3) is 6.84. The van der Waals surface area contributed by atoms with E-state index in [4.69, 9.17) is 28.9 Å². The molecule has 274 valence electrons. The minimum absolute atomic E-state index is 0.00000320. The maximum absolute atomic E-state index is 14.5. The van der Waals surface area contributed by atoms with Crippen LogP contribution in [0.2, 0.25) is 0 Å². The summed E-state index contributed by atoms with van der Waals surface area (Å²) in [5, 5.41) is 17.7. The molecule has 4 fully saturated rings. The molecule has 52 heavy (non-hydrogen) atoms. The number of hydrogen-bond donors (Lipinski definition) is 3. The molecule has 1 aromatic carbocycles. The molecular weight excluding hydrogens is 691 g/mol. The molecule has 3 aromatic rings. The lowest BCUT2D eigenvalue weighted by molar-refractivity contribution is -0.145. The van der Waals surface area contributed by atoms with E-state index in [9.17, 15) is 24.3 Å². The van der Waals surface area contributed by atoms with Gasteiger partial charge in [-0.1, -0.05) is 43.2 Å². The van der Waals surface area contributed by atoms with Gasteiger partial charge in [0.1, 0.15) is 35.5 Å². The number of ether oxygens (including phenoxy) is 4. The highest BCUT2D eigenvalue weighted by atomic mass is 32.1. The summed E-state index contributed by atoms with van der Waals surface area (Å²) >= 11 is 1.49. The van der Waals surface area contributed by atoms with Crippen LogP contribution in [-0.4, -0.2) is 106 Å². The van der Waals surface area contributed by atoms with Gasteiger partial charge in [-0.05, 0) is 55.7 Å². The number of benzene rings is 1. The van der Waals surface area contributed by atoms with Gasteiger partial charge in [-0.15, -0.1) is 11.3 Å². The first-order valence-corrected chi connectivity index (χ1v) is 18.9. The number of nitrogens with zero attached hydrogens (tertiary/aromatic N) is 3. The van der Waals surface area contributed by atoms with Gasteiger partial charge in [-0.25, -0.2) is 19.6 Å². The number of carboxylic acid groups (broad SMARTS) is 1. The lowest BCUT2D eigenvalue weighted by Gasteiger charge is -2.29. The maximum Gasteiger partial charge on any atom is 0.408 e. The number of thiophene rings is 1. The molecule has 6 heterocycles. The van der Waals surface area contributed by atoms with Crippen LogP contribution in [0, 0.1) is 5.92 Å². The number of amides is 3. The van der Waals surface area contributed by atoms with Crippen molar-refractivity contribution in [3.8, 4) is 16.5 Å². The summed E-state index contributed by atoms with van der Waals surface area (Å²) in [6.45, 7) is 0.734. The molecule has 6 unspecified atom stereocenters. The summed E-state index contributed by atoms with van der Waals surface area (Å²) in [5.41, 5.74) is 0.403. The normalized spacial score (nSPS) is 32.5. The number of fused-ring (bicyclic) bond motifs is 4. The molecule has 8 rings (SSSR count). The minimum Gasteiger partial charge on any atom is -0.479 e. The molecule has 3 amide bonds. The van der Waals surface area contributed by atoms with Crippen molar-refractivity contribution in [2.45, 2.75) is 93.4 Å². The smallest absolute Gasteiger partial charge is 0.408 e. The Morgan fingerprint density at radius 1 is 1.06 bits per heavy atom. The van der Waals surface area contributed by atoms with Crippen molar-refractivity contribution in [1.82, 2.24) is 25.5 Å². The van der Waals surface area contributed by atoms with Crippen LogP contribution in [0.15, 0.2) is 53.9 Å². The second-order valence-corrected chi connectivity index (χ2v) is 15.1. The van der Waals surface area contributed by atoms with Crippen LogP contribution >= 0.6 is 11.3 Å². The summed E-state index contributed by atoms with van der Waals surface area (Å²) < 4.78 is 23.7. The average molecular weight is 732 g/mol. The van der Waals surface area contributed by atoms with Gasteiger partial charge in [0.15, 0.2) is 6.10 Å². The Morgan fingerprint density at radius 3 is 2.71 bits per heavy atom. The third-order valence-corrected chi connectivity index (χ3v) is 11.5. The van der Waals surface area contributed by atoms with Crippen molar-refractivity contribution >= 4 is 46.2 Å². The Kier molecular flexibility index (Phi) is 9.57. The van der Waals surface area contributed by atoms with Gasteiger partial charge in [0.05, 0.1) is 35.2 Å². The predicted molar refractivity (Wildman–Crippen MR) is 188 cm³/mol. The first-order chi connectivity index (χ1) is 25.3. The van der Waals surface area contributed by atoms with E-state index in [1.54, 1.807) is 0 Å². The van der Waals surface area contributed by atoms with E-state index in [0.29, 0.717) is 36.2 Å².